The maximum absolute atomic E-state index is 12.8. The molecular formula is C22H25ClN4O2. The lowest BCUT2D eigenvalue weighted by Crippen LogP contribution is -2.39. The second-order valence-corrected chi connectivity index (χ2v) is 6.72. The van der Waals surface area contributed by atoms with Crippen LogP contribution in [0.15, 0.2) is 60.8 Å². The first-order valence-corrected chi connectivity index (χ1v) is 9.63. The Hall–Kier alpha value is -2.83. The van der Waals surface area contributed by atoms with Gasteiger partial charge in [0.1, 0.15) is 0 Å². The van der Waals surface area contributed by atoms with Crippen molar-refractivity contribution in [2.24, 2.45) is 0 Å². The number of carbonyl (C=O) groups excluding carboxylic acids is 1. The molecule has 6 nitrogen and oxygen atoms in total. The number of amides is 1. The van der Waals surface area contributed by atoms with E-state index in [1.54, 1.807) is 10.9 Å². The summed E-state index contributed by atoms with van der Waals surface area (Å²) in [7, 11) is 0. The largest absolute Gasteiger partial charge is 0.490 e. The van der Waals surface area contributed by atoms with Crippen LogP contribution in [-0.4, -0.2) is 35.4 Å². The maximum atomic E-state index is 12.8. The molecule has 0 saturated carbocycles. The zero-order valence-corrected chi connectivity index (χ0v) is 17.1. The standard InChI is InChI=1S/C22H24N4O2.ClH/c1-2-28-20-15-26(17-9-4-3-5-10-17)25-21(20)22(27)24-14-19-18-11-7-6-8-16(18)12-13-23-19;/h3-11,15,19,23H,2,12-14H2,1H3,(H,24,27);1H. The molecular weight excluding hydrogens is 388 g/mol. The van der Waals surface area contributed by atoms with Gasteiger partial charge in [0.05, 0.1) is 18.5 Å². The van der Waals surface area contributed by atoms with Crippen LogP contribution >= 0.6 is 12.4 Å². The fraction of sp³-hybridized carbons (Fsp3) is 0.273. The van der Waals surface area contributed by atoms with E-state index in [1.807, 2.05) is 43.3 Å². The summed E-state index contributed by atoms with van der Waals surface area (Å²) in [6.45, 7) is 3.77. The number of para-hydroxylation sites is 1. The number of fused-ring (bicyclic) bond motifs is 1. The summed E-state index contributed by atoms with van der Waals surface area (Å²) in [6.07, 6.45) is 2.76. The summed E-state index contributed by atoms with van der Waals surface area (Å²) in [6, 6.07) is 18.2. The minimum atomic E-state index is -0.233. The predicted octanol–water partition coefficient (Wildman–Crippen LogP) is 3.31. The number of carbonyl (C=O) groups is 1. The average molecular weight is 413 g/mol. The summed E-state index contributed by atoms with van der Waals surface area (Å²) < 4.78 is 7.32. The molecule has 4 rings (SSSR count). The van der Waals surface area contributed by atoms with Crippen molar-refractivity contribution in [3.8, 4) is 11.4 Å². The third-order valence-corrected chi connectivity index (χ3v) is 4.90. The molecule has 0 spiro atoms. The Bertz CT molecular complexity index is 958. The summed E-state index contributed by atoms with van der Waals surface area (Å²) in [5, 5.41) is 11.0. The Balaban J connectivity index is 0.00000240. The predicted molar refractivity (Wildman–Crippen MR) is 115 cm³/mol. The van der Waals surface area contributed by atoms with Gasteiger partial charge < -0.3 is 15.4 Å². The normalized spacial score (nSPS) is 15.1. The Morgan fingerprint density at radius 3 is 2.76 bits per heavy atom. The van der Waals surface area contributed by atoms with Gasteiger partial charge >= 0.3 is 0 Å². The first-order valence-electron chi connectivity index (χ1n) is 9.63. The van der Waals surface area contributed by atoms with Gasteiger partial charge in [-0.25, -0.2) is 4.68 Å². The van der Waals surface area contributed by atoms with Gasteiger partial charge in [-0.15, -0.1) is 12.4 Å². The van der Waals surface area contributed by atoms with E-state index >= 15 is 0 Å². The van der Waals surface area contributed by atoms with Gasteiger partial charge in [0.2, 0.25) is 0 Å². The smallest absolute Gasteiger partial charge is 0.275 e. The Morgan fingerprint density at radius 2 is 1.97 bits per heavy atom. The molecule has 0 fully saturated rings. The van der Waals surface area contributed by atoms with Crippen LogP contribution < -0.4 is 15.4 Å². The van der Waals surface area contributed by atoms with E-state index in [2.05, 4.69) is 33.9 Å². The van der Waals surface area contributed by atoms with Crippen molar-refractivity contribution in [3.05, 3.63) is 77.6 Å². The van der Waals surface area contributed by atoms with Crippen LogP contribution in [0.1, 0.15) is 34.6 Å². The van der Waals surface area contributed by atoms with Crippen molar-refractivity contribution in [2.75, 3.05) is 19.7 Å². The first-order chi connectivity index (χ1) is 13.8. The molecule has 7 heteroatoms. The molecule has 29 heavy (non-hydrogen) atoms. The third-order valence-electron chi connectivity index (χ3n) is 4.90. The van der Waals surface area contributed by atoms with Crippen molar-refractivity contribution >= 4 is 18.3 Å². The van der Waals surface area contributed by atoms with Crippen LogP contribution in [0.3, 0.4) is 0 Å². The van der Waals surface area contributed by atoms with Gasteiger partial charge in [0, 0.05) is 12.6 Å². The van der Waals surface area contributed by atoms with Gasteiger partial charge in [-0.05, 0) is 43.1 Å². The minimum Gasteiger partial charge on any atom is -0.490 e. The number of hydrogen-bond acceptors (Lipinski definition) is 4. The molecule has 2 aromatic carbocycles. The molecule has 1 aliphatic rings. The fourth-order valence-electron chi connectivity index (χ4n) is 3.54. The molecule has 1 atom stereocenters. The molecule has 2 N–H and O–H groups in total. The van der Waals surface area contributed by atoms with Crippen molar-refractivity contribution in [2.45, 2.75) is 19.4 Å². The monoisotopic (exact) mass is 412 g/mol. The van der Waals surface area contributed by atoms with E-state index in [9.17, 15) is 4.79 Å². The molecule has 1 amide bonds. The van der Waals surface area contributed by atoms with Gasteiger partial charge in [-0.3, -0.25) is 4.79 Å². The topological polar surface area (TPSA) is 68.2 Å². The number of benzene rings is 2. The van der Waals surface area contributed by atoms with Crippen LogP contribution in [0.2, 0.25) is 0 Å². The molecule has 1 aliphatic heterocycles. The number of nitrogens with one attached hydrogen (secondary N) is 2. The van der Waals surface area contributed by atoms with Crippen LogP contribution in [0, 0.1) is 0 Å². The molecule has 152 valence electrons. The molecule has 2 heterocycles. The lowest BCUT2D eigenvalue weighted by molar-refractivity contribution is 0.0940. The Labute approximate surface area is 176 Å². The van der Waals surface area contributed by atoms with Crippen LogP contribution in [-0.2, 0) is 6.42 Å². The number of nitrogens with zero attached hydrogens (tertiary/aromatic N) is 2. The number of ether oxygens (including phenoxy) is 1. The zero-order chi connectivity index (χ0) is 19.3. The van der Waals surface area contributed by atoms with Crippen LogP contribution in [0.4, 0.5) is 0 Å². The number of hydrogen-bond donors (Lipinski definition) is 2. The van der Waals surface area contributed by atoms with E-state index in [1.165, 1.54) is 11.1 Å². The summed E-state index contributed by atoms with van der Waals surface area (Å²) in [5.74, 6) is 0.254. The number of halogens is 1. The van der Waals surface area contributed by atoms with E-state index in [4.69, 9.17) is 4.74 Å². The molecule has 0 saturated heterocycles. The van der Waals surface area contributed by atoms with Crippen LogP contribution in [0.5, 0.6) is 5.75 Å². The third kappa shape index (κ3) is 4.60. The highest BCUT2D eigenvalue weighted by molar-refractivity contribution is 5.95. The molecule has 0 radical (unpaired) electrons. The van der Waals surface area contributed by atoms with Gasteiger partial charge in [0.15, 0.2) is 11.4 Å². The Morgan fingerprint density at radius 1 is 1.21 bits per heavy atom. The zero-order valence-electron chi connectivity index (χ0n) is 16.3. The lowest BCUT2D eigenvalue weighted by Gasteiger charge is -2.27. The highest BCUT2D eigenvalue weighted by Crippen LogP contribution is 2.23. The molecule has 0 aliphatic carbocycles. The van der Waals surface area contributed by atoms with Crippen molar-refractivity contribution in [3.63, 3.8) is 0 Å². The van der Waals surface area contributed by atoms with Crippen molar-refractivity contribution < 1.29 is 9.53 Å². The number of rotatable bonds is 6. The van der Waals surface area contributed by atoms with E-state index in [0.717, 1.165) is 18.7 Å². The maximum Gasteiger partial charge on any atom is 0.275 e. The first kappa shape index (κ1) is 20.9. The van der Waals surface area contributed by atoms with Gasteiger partial charge in [-0.2, -0.15) is 5.10 Å². The minimum absolute atomic E-state index is 0. The highest BCUT2D eigenvalue weighted by atomic mass is 35.5. The highest BCUT2D eigenvalue weighted by Gasteiger charge is 2.23. The SMILES string of the molecule is CCOc1cn(-c2ccccc2)nc1C(=O)NCC1NCCc2ccccc21.Cl. The summed E-state index contributed by atoms with van der Waals surface area (Å²) in [5.41, 5.74) is 3.76. The summed E-state index contributed by atoms with van der Waals surface area (Å²) in [4.78, 5) is 12.8. The quantitative estimate of drug-likeness (QED) is 0.651. The van der Waals surface area contributed by atoms with Crippen molar-refractivity contribution in [1.82, 2.24) is 20.4 Å². The van der Waals surface area contributed by atoms with E-state index in [-0.39, 0.29) is 24.4 Å². The number of aromatic nitrogens is 2. The summed E-state index contributed by atoms with van der Waals surface area (Å²) >= 11 is 0. The van der Waals surface area contributed by atoms with E-state index < -0.39 is 0 Å². The molecule has 3 aromatic rings. The Kier molecular flexibility index (Phi) is 6.90. The average Bonchev–Trinajstić information content (AvgIpc) is 3.17. The van der Waals surface area contributed by atoms with E-state index in [0.29, 0.717) is 24.6 Å². The molecule has 1 aromatic heterocycles. The van der Waals surface area contributed by atoms with Gasteiger partial charge in [0.25, 0.3) is 5.91 Å². The van der Waals surface area contributed by atoms with Crippen molar-refractivity contribution in [1.29, 1.82) is 0 Å². The lowest BCUT2D eigenvalue weighted by atomic mass is 9.94. The second-order valence-electron chi connectivity index (χ2n) is 6.72. The second kappa shape index (κ2) is 9.58. The molecule has 1 unspecified atom stereocenters. The van der Waals surface area contributed by atoms with Crippen LogP contribution in [0.25, 0.3) is 5.69 Å². The van der Waals surface area contributed by atoms with Gasteiger partial charge in [-0.1, -0.05) is 42.5 Å². The molecule has 0 bridgehead atoms. The fourth-order valence-corrected chi connectivity index (χ4v) is 3.54.